The third kappa shape index (κ3) is 5.31. The van der Waals surface area contributed by atoms with E-state index >= 15 is 0 Å². The number of hydrogen-bond donors (Lipinski definition) is 1. The van der Waals surface area contributed by atoms with E-state index in [9.17, 15) is 14.4 Å². The van der Waals surface area contributed by atoms with Crippen LogP contribution < -0.4 is 5.32 Å². The second-order valence-electron chi connectivity index (χ2n) is 8.00. The molecule has 0 saturated carbocycles. The molecule has 3 aromatic carbocycles. The minimum absolute atomic E-state index is 0.0895. The molecule has 1 heterocycles. The first kappa shape index (κ1) is 23.6. The summed E-state index contributed by atoms with van der Waals surface area (Å²) in [6.45, 7) is 4.45. The summed E-state index contributed by atoms with van der Waals surface area (Å²) in [6, 6.07) is 22.3. The Hall–Kier alpha value is -3.58. The molecule has 0 bridgehead atoms. The minimum Gasteiger partial charge on any atom is -0.462 e. The van der Waals surface area contributed by atoms with E-state index < -0.39 is 5.97 Å². The first-order valence-corrected chi connectivity index (χ1v) is 12.1. The molecule has 1 fully saturated rings. The van der Waals surface area contributed by atoms with Gasteiger partial charge in [0.2, 0.25) is 5.91 Å². The van der Waals surface area contributed by atoms with Crippen molar-refractivity contribution in [2.75, 3.05) is 17.7 Å². The van der Waals surface area contributed by atoms with Gasteiger partial charge >= 0.3 is 5.97 Å². The van der Waals surface area contributed by atoms with Crippen molar-refractivity contribution in [3.8, 4) is 0 Å². The number of rotatable bonds is 7. The number of ether oxygens (including phenoxy) is 1. The first-order valence-electron chi connectivity index (χ1n) is 11.1. The third-order valence-electron chi connectivity index (χ3n) is 5.62. The van der Waals surface area contributed by atoms with Gasteiger partial charge in [-0.25, -0.2) is 4.79 Å². The molecule has 3 aromatic rings. The number of benzene rings is 3. The zero-order valence-corrected chi connectivity index (χ0v) is 19.9. The van der Waals surface area contributed by atoms with Crippen molar-refractivity contribution in [3.05, 3.63) is 101 Å². The van der Waals surface area contributed by atoms with E-state index in [-0.39, 0.29) is 23.8 Å². The van der Waals surface area contributed by atoms with Gasteiger partial charge < -0.3 is 15.0 Å². The summed E-state index contributed by atoms with van der Waals surface area (Å²) in [4.78, 5) is 39.3. The lowest BCUT2D eigenvalue weighted by Crippen LogP contribution is -2.27. The van der Waals surface area contributed by atoms with E-state index in [1.54, 1.807) is 49.0 Å². The van der Waals surface area contributed by atoms with Crippen LogP contribution in [0.4, 0.5) is 5.69 Å². The molecule has 1 unspecified atom stereocenters. The molecule has 174 valence electrons. The summed E-state index contributed by atoms with van der Waals surface area (Å²) < 4.78 is 5.05. The molecule has 4 rings (SSSR count). The van der Waals surface area contributed by atoms with Gasteiger partial charge in [-0.15, -0.1) is 11.8 Å². The van der Waals surface area contributed by atoms with Crippen LogP contribution in [0.25, 0.3) is 0 Å². The fourth-order valence-corrected chi connectivity index (χ4v) is 4.96. The van der Waals surface area contributed by atoms with Crippen molar-refractivity contribution in [1.82, 2.24) is 4.90 Å². The van der Waals surface area contributed by atoms with E-state index in [1.165, 1.54) is 0 Å². The van der Waals surface area contributed by atoms with E-state index in [1.807, 2.05) is 54.3 Å². The van der Waals surface area contributed by atoms with Gasteiger partial charge in [-0.1, -0.05) is 48.5 Å². The number of thioether (sulfide) groups is 1. The molecule has 6 nitrogen and oxygen atoms in total. The van der Waals surface area contributed by atoms with E-state index in [0.29, 0.717) is 29.1 Å². The molecule has 0 aliphatic carbocycles. The Bertz CT molecular complexity index is 1200. The second kappa shape index (κ2) is 10.6. The van der Waals surface area contributed by atoms with Gasteiger partial charge in [-0.05, 0) is 54.8 Å². The number of carbonyl (C=O) groups excluding carboxylic acids is 3. The Labute approximate surface area is 203 Å². The van der Waals surface area contributed by atoms with Crippen molar-refractivity contribution in [3.63, 3.8) is 0 Å². The molecular weight excluding hydrogens is 448 g/mol. The average Bonchev–Trinajstić information content (AvgIpc) is 3.21. The molecule has 1 atom stereocenters. The number of nitrogens with zero attached hydrogens (tertiary/aromatic N) is 1. The van der Waals surface area contributed by atoms with Crippen LogP contribution in [0.2, 0.25) is 0 Å². The van der Waals surface area contributed by atoms with Crippen LogP contribution in [0.1, 0.15) is 49.7 Å². The molecule has 7 heteroatoms. The quantitative estimate of drug-likeness (QED) is 0.477. The number of carbonyl (C=O) groups is 3. The van der Waals surface area contributed by atoms with Gasteiger partial charge in [0.25, 0.3) is 5.91 Å². The highest BCUT2D eigenvalue weighted by atomic mass is 32.2. The van der Waals surface area contributed by atoms with Gasteiger partial charge in [0.1, 0.15) is 5.37 Å². The lowest BCUT2D eigenvalue weighted by molar-refractivity contribution is -0.128. The van der Waals surface area contributed by atoms with Gasteiger partial charge in [-0.2, -0.15) is 0 Å². The summed E-state index contributed by atoms with van der Waals surface area (Å²) >= 11 is 1.59. The fourth-order valence-electron chi connectivity index (χ4n) is 3.77. The molecule has 1 N–H and O–H groups in total. The number of aryl methyl sites for hydroxylation is 1. The maximum absolute atomic E-state index is 12.9. The molecule has 34 heavy (non-hydrogen) atoms. The maximum atomic E-state index is 12.9. The summed E-state index contributed by atoms with van der Waals surface area (Å²) in [5.41, 5.74) is 4.35. The zero-order valence-electron chi connectivity index (χ0n) is 19.1. The normalized spacial score (nSPS) is 15.3. The van der Waals surface area contributed by atoms with Crippen molar-refractivity contribution in [2.24, 2.45) is 0 Å². The smallest absolute Gasteiger partial charge is 0.338 e. The highest BCUT2D eigenvalue weighted by Crippen LogP contribution is 2.39. The predicted molar refractivity (Wildman–Crippen MR) is 134 cm³/mol. The summed E-state index contributed by atoms with van der Waals surface area (Å²) in [6.07, 6.45) is 0. The molecule has 1 aliphatic rings. The van der Waals surface area contributed by atoms with Gasteiger partial charge in [0.15, 0.2) is 0 Å². The maximum Gasteiger partial charge on any atom is 0.338 e. The molecule has 0 spiro atoms. The molecule has 0 aromatic heterocycles. The average molecular weight is 475 g/mol. The molecule has 1 saturated heterocycles. The summed E-state index contributed by atoms with van der Waals surface area (Å²) in [5.74, 6) is -0.147. The monoisotopic (exact) mass is 474 g/mol. The third-order valence-corrected chi connectivity index (χ3v) is 6.87. The Morgan fingerprint density at radius 1 is 1.03 bits per heavy atom. The zero-order chi connectivity index (χ0) is 24.1. The highest BCUT2D eigenvalue weighted by molar-refractivity contribution is 8.00. The SMILES string of the molecule is CCOC(=O)c1ccc(C)c(NC(=O)c2ccc(C3SCC(=O)N3Cc3ccccc3)cc2)c1. The van der Waals surface area contributed by atoms with Crippen molar-refractivity contribution >= 4 is 35.2 Å². The van der Waals surface area contributed by atoms with Gasteiger partial charge in [0, 0.05) is 17.8 Å². The Morgan fingerprint density at radius 3 is 2.44 bits per heavy atom. The largest absolute Gasteiger partial charge is 0.462 e. The molecule has 0 radical (unpaired) electrons. The van der Waals surface area contributed by atoms with Crippen LogP contribution in [-0.4, -0.2) is 35.0 Å². The molecule has 2 amide bonds. The van der Waals surface area contributed by atoms with Crippen LogP contribution in [0, 0.1) is 6.92 Å². The lowest BCUT2D eigenvalue weighted by Gasteiger charge is -2.24. The lowest BCUT2D eigenvalue weighted by atomic mass is 10.1. The van der Waals surface area contributed by atoms with Crippen LogP contribution in [0.3, 0.4) is 0 Å². The predicted octanol–water partition coefficient (Wildman–Crippen LogP) is 5.20. The van der Waals surface area contributed by atoms with E-state index in [4.69, 9.17) is 4.74 Å². The standard InChI is InChI=1S/C27H26N2O4S/c1-3-33-27(32)22-10-9-18(2)23(15-22)28-25(31)20-11-13-21(14-12-20)26-29(24(30)17-34-26)16-19-7-5-4-6-8-19/h4-15,26H,3,16-17H2,1-2H3,(H,28,31). The first-order chi connectivity index (χ1) is 16.5. The topological polar surface area (TPSA) is 75.7 Å². The number of hydrogen-bond acceptors (Lipinski definition) is 5. The fraction of sp³-hybridized carbons (Fsp3) is 0.222. The van der Waals surface area contributed by atoms with Crippen LogP contribution in [0.5, 0.6) is 0 Å². The Kier molecular flexibility index (Phi) is 7.33. The van der Waals surface area contributed by atoms with Crippen LogP contribution >= 0.6 is 11.8 Å². The summed E-state index contributed by atoms with van der Waals surface area (Å²) in [5, 5.41) is 2.80. The van der Waals surface area contributed by atoms with Gasteiger partial charge in [-0.3, -0.25) is 9.59 Å². The van der Waals surface area contributed by atoms with E-state index in [2.05, 4.69) is 5.32 Å². The Balaban J connectivity index is 1.47. The van der Waals surface area contributed by atoms with Gasteiger partial charge in [0.05, 0.1) is 17.9 Å². The van der Waals surface area contributed by atoms with Crippen molar-refractivity contribution in [1.29, 1.82) is 0 Å². The van der Waals surface area contributed by atoms with E-state index in [0.717, 1.165) is 16.7 Å². The Morgan fingerprint density at radius 2 is 1.74 bits per heavy atom. The highest BCUT2D eigenvalue weighted by Gasteiger charge is 2.32. The van der Waals surface area contributed by atoms with Crippen LogP contribution in [0.15, 0.2) is 72.8 Å². The number of esters is 1. The summed E-state index contributed by atoms with van der Waals surface area (Å²) in [7, 11) is 0. The molecular formula is C27H26N2O4S. The van der Waals surface area contributed by atoms with Crippen LogP contribution in [-0.2, 0) is 16.1 Å². The number of anilines is 1. The second-order valence-corrected chi connectivity index (χ2v) is 9.07. The minimum atomic E-state index is -0.425. The molecule has 1 aliphatic heterocycles. The van der Waals surface area contributed by atoms with Crippen molar-refractivity contribution in [2.45, 2.75) is 25.8 Å². The number of amides is 2. The van der Waals surface area contributed by atoms with Crippen molar-refractivity contribution < 1.29 is 19.1 Å². The number of nitrogens with one attached hydrogen (secondary N) is 1.